The number of aryl methyl sites for hydroxylation is 3. The molecule has 0 aromatic heterocycles. The number of halogens is 1. The van der Waals surface area contributed by atoms with E-state index < -0.39 is 0 Å². The molecule has 0 bridgehead atoms. The molecule has 0 amide bonds. The van der Waals surface area contributed by atoms with Crippen LogP contribution in [0.15, 0.2) is 35.3 Å². The number of benzene rings is 2. The zero-order chi connectivity index (χ0) is 22.2. The zero-order valence-corrected chi connectivity index (χ0v) is 21.9. The molecule has 1 atom stereocenters. The molecule has 2 aromatic carbocycles. The lowest BCUT2D eigenvalue weighted by atomic mass is 10.1. The van der Waals surface area contributed by atoms with Gasteiger partial charge in [-0.05, 0) is 62.4 Å². The summed E-state index contributed by atoms with van der Waals surface area (Å²) in [5, 5.41) is 16.7. The molecule has 6 nitrogen and oxygen atoms in total. The van der Waals surface area contributed by atoms with Crippen LogP contribution < -0.4 is 15.4 Å². The molecule has 0 spiro atoms. The van der Waals surface area contributed by atoms with E-state index in [1.165, 1.54) is 5.56 Å². The number of phenolic OH excluding ortho intramolecular Hbond substituents is 1. The molecule has 32 heavy (non-hydrogen) atoms. The first kappa shape index (κ1) is 26.3. The van der Waals surface area contributed by atoms with Crippen molar-refractivity contribution < 1.29 is 14.6 Å². The van der Waals surface area contributed by atoms with Gasteiger partial charge in [-0.1, -0.05) is 24.3 Å². The molecule has 0 saturated carbocycles. The topological polar surface area (TPSA) is 75.1 Å². The highest BCUT2D eigenvalue weighted by Crippen LogP contribution is 2.24. The van der Waals surface area contributed by atoms with Crippen LogP contribution in [0.4, 0.5) is 0 Å². The van der Waals surface area contributed by atoms with Gasteiger partial charge in [-0.2, -0.15) is 0 Å². The molecule has 1 heterocycles. The highest BCUT2D eigenvalue weighted by Gasteiger charge is 2.17. The van der Waals surface area contributed by atoms with E-state index in [4.69, 9.17) is 14.5 Å². The Morgan fingerprint density at radius 2 is 1.91 bits per heavy atom. The number of nitrogens with one attached hydrogen (secondary N) is 2. The zero-order valence-electron chi connectivity index (χ0n) is 19.5. The van der Waals surface area contributed by atoms with Crippen LogP contribution in [0.2, 0.25) is 0 Å². The summed E-state index contributed by atoms with van der Waals surface area (Å²) in [7, 11) is 0. The van der Waals surface area contributed by atoms with Gasteiger partial charge in [0.1, 0.15) is 11.5 Å². The number of hydrogen-bond donors (Lipinski definition) is 3. The fraction of sp³-hybridized carbons (Fsp3) is 0.480. The lowest BCUT2D eigenvalue weighted by Crippen LogP contribution is -2.36. The van der Waals surface area contributed by atoms with Gasteiger partial charge in [0.2, 0.25) is 0 Å². The molecule has 3 rings (SSSR count). The number of nitrogens with zero attached hydrogens (tertiary/aromatic N) is 1. The summed E-state index contributed by atoms with van der Waals surface area (Å²) in [5.74, 6) is 2.49. The minimum Gasteiger partial charge on any atom is -0.507 e. The lowest BCUT2D eigenvalue weighted by Gasteiger charge is -2.17. The van der Waals surface area contributed by atoms with E-state index in [9.17, 15) is 5.11 Å². The summed E-state index contributed by atoms with van der Waals surface area (Å²) in [5.41, 5.74) is 5.10. The van der Waals surface area contributed by atoms with Crippen molar-refractivity contribution in [2.75, 3.05) is 26.4 Å². The minimum absolute atomic E-state index is 0. The van der Waals surface area contributed by atoms with Gasteiger partial charge in [0.15, 0.2) is 5.96 Å². The highest BCUT2D eigenvalue weighted by molar-refractivity contribution is 14.0. The number of hydrogen-bond acceptors (Lipinski definition) is 4. The maximum absolute atomic E-state index is 9.98. The van der Waals surface area contributed by atoms with Crippen LogP contribution in [0.1, 0.15) is 41.2 Å². The van der Waals surface area contributed by atoms with E-state index in [0.717, 1.165) is 60.1 Å². The van der Waals surface area contributed by atoms with E-state index in [0.29, 0.717) is 31.4 Å². The molecular weight excluding hydrogens is 517 g/mol. The Morgan fingerprint density at radius 3 is 2.56 bits per heavy atom. The fourth-order valence-electron chi connectivity index (χ4n) is 3.69. The summed E-state index contributed by atoms with van der Waals surface area (Å²) < 4.78 is 11.6. The second-order valence-electron chi connectivity index (χ2n) is 8.28. The average molecular weight is 553 g/mol. The number of rotatable bonds is 8. The number of guanidine groups is 1. The van der Waals surface area contributed by atoms with Crippen LogP contribution in [0, 0.1) is 26.7 Å². The summed E-state index contributed by atoms with van der Waals surface area (Å²) in [6.07, 6.45) is 1.06. The monoisotopic (exact) mass is 553 g/mol. The molecule has 1 unspecified atom stereocenters. The highest BCUT2D eigenvalue weighted by atomic mass is 127. The number of aliphatic imine (C=N–C) groups is 1. The van der Waals surface area contributed by atoms with Crippen LogP contribution in [0.3, 0.4) is 0 Å². The van der Waals surface area contributed by atoms with Crippen molar-refractivity contribution in [1.29, 1.82) is 0 Å². The van der Waals surface area contributed by atoms with Gasteiger partial charge in [0.05, 0.1) is 19.8 Å². The third-order valence-electron chi connectivity index (χ3n) is 5.48. The molecule has 1 fully saturated rings. The molecule has 0 radical (unpaired) electrons. The molecule has 0 aliphatic carbocycles. The van der Waals surface area contributed by atoms with E-state index in [1.54, 1.807) is 0 Å². The van der Waals surface area contributed by atoms with E-state index >= 15 is 0 Å². The SMILES string of the molecule is CCNC(=NCc1cc(C)c(O)c(C)c1)NCc1ccc(C)cc1OCC1CCOC1.I. The quantitative estimate of drug-likeness (QED) is 0.253. The molecule has 1 aliphatic heterocycles. The fourth-order valence-corrected chi connectivity index (χ4v) is 3.69. The third kappa shape index (κ3) is 7.55. The van der Waals surface area contributed by atoms with Crippen molar-refractivity contribution in [1.82, 2.24) is 10.6 Å². The molecular formula is C25H36IN3O3. The summed E-state index contributed by atoms with van der Waals surface area (Å²) in [4.78, 5) is 4.72. The van der Waals surface area contributed by atoms with Crippen molar-refractivity contribution in [2.24, 2.45) is 10.9 Å². The van der Waals surface area contributed by atoms with Gasteiger partial charge < -0.3 is 25.2 Å². The molecule has 1 aliphatic rings. The van der Waals surface area contributed by atoms with Crippen LogP contribution >= 0.6 is 24.0 Å². The molecule has 2 aromatic rings. The van der Waals surface area contributed by atoms with Crippen molar-refractivity contribution in [3.8, 4) is 11.5 Å². The largest absolute Gasteiger partial charge is 0.507 e. The Kier molecular flexibility index (Phi) is 10.6. The Bertz CT molecular complexity index is 888. The number of phenols is 1. The van der Waals surface area contributed by atoms with Crippen molar-refractivity contribution >= 4 is 29.9 Å². The number of ether oxygens (including phenoxy) is 2. The Balaban J connectivity index is 0.00000363. The first-order chi connectivity index (χ1) is 15.0. The van der Waals surface area contributed by atoms with Crippen LogP contribution in [0.25, 0.3) is 0 Å². The summed E-state index contributed by atoms with van der Waals surface area (Å²) in [6.45, 7) is 12.2. The minimum atomic E-state index is 0. The van der Waals surface area contributed by atoms with E-state index in [1.807, 2.05) is 26.0 Å². The van der Waals surface area contributed by atoms with Gasteiger partial charge >= 0.3 is 0 Å². The molecule has 3 N–H and O–H groups in total. The third-order valence-corrected chi connectivity index (χ3v) is 5.48. The van der Waals surface area contributed by atoms with Crippen molar-refractivity contribution in [3.05, 3.63) is 58.1 Å². The second kappa shape index (κ2) is 12.9. The molecule has 1 saturated heterocycles. The smallest absolute Gasteiger partial charge is 0.191 e. The maximum Gasteiger partial charge on any atom is 0.191 e. The van der Waals surface area contributed by atoms with Gasteiger partial charge in [-0.3, -0.25) is 0 Å². The summed E-state index contributed by atoms with van der Waals surface area (Å²) >= 11 is 0. The Morgan fingerprint density at radius 1 is 1.16 bits per heavy atom. The van der Waals surface area contributed by atoms with Gasteiger partial charge in [-0.15, -0.1) is 24.0 Å². The first-order valence-electron chi connectivity index (χ1n) is 11.1. The maximum atomic E-state index is 9.98. The van der Waals surface area contributed by atoms with Crippen LogP contribution in [-0.2, 0) is 17.8 Å². The number of aromatic hydroxyl groups is 1. The lowest BCUT2D eigenvalue weighted by molar-refractivity contribution is 0.166. The average Bonchev–Trinajstić information content (AvgIpc) is 3.27. The van der Waals surface area contributed by atoms with Gasteiger partial charge in [0, 0.05) is 31.2 Å². The van der Waals surface area contributed by atoms with Gasteiger partial charge in [-0.25, -0.2) is 4.99 Å². The standard InChI is InChI=1S/C25H35N3O3.HI/c1-5-26-25(27-13-21-11-18(3)24(29)19(4)12-21)28-14-22-7-6-17(2)10-23(22)31-16-20-8-9-30-15-20;/h6-7,10-12,20,29H,5,8-9,13-16H2,1-4H3,(H2,26,27,28);1H. The van der Waals surface area contributed by atoms with E-state index in [-0.39, 0.29) is 24.0 Å². The van der Waals surface area contributed by atoms with Crippen molar-refractivity contribution in [2.45, 2.75) is 47.2 Å². The van der Waals surface area contributed by atoms with E-state index in [2.05, 4.69) is 42.7 Å². The Hall–Kier alpha value is -2.00. The first-order valence-corrected chi connectivity index (χ1v) is 11.1. The molecule has 7 heteroatoms. The Labute approximate surface area is 208 Å². The van der Waals surface area contributed by atoms with Gasteiger partial charge in [0.25, 0.3) is 0 Å². The van der Waals surface area contributed by atoms with Crippen LogP contribution in [-0.4, -0.2) is 37.4 Å². The van der Waals surface area contributed by atoms with Crippen LogP contribution in [0.5, 0.6) is 11.5 Å². The predicted molar refractivity (Wildman–Crippen MR) is 140 cm³/mol. The van der Waals surface area contributed by atoms with Crippen molar-refractivity contribution in [3.63, 3.8) is 0 Å². The predicted octanol–water partition coefficient (Wildman–Crippen LogP) is 4.61. The second-order valence-corrected chi connectivity index (χ2v) is 8.28. The summed E-state index contributed by atoms with van der Waals surface area (Å²) in [6, 6.07) is 10.3. The normalized spacial score (nSPS) is 15.9. The molecule has 176 valence electrons.